The minimum Gasteiger partial charge on any atom is -0.376 e. The van der Waals surface area contributed by atoms with Crippen LogP contribution in [-0.2, 0) is 26.7 Å². The number of carbonyl (C=O) groups excluding carboxylic acids is 2. The molecule has 0 saturated heterocycles. The first kappa shape index (κ1) is 15.8. The second kappa shape index (κ2) is 5.66. The Kier molecular flexibility index (Phi) is 3.57. The van der Waals surface area contributed by atoms with Crippen molar-refractivity contribution < 1.29 is 26.7 Å². The number of hydrogen-bond donors (Lipinski definition) is 0. The topological polar surface area (TPSA) is 34.1 Å². The summed E-state index contributed by atoms with van der Waals surface area (Å²) in [4.78, 5) is 22.8. The van der Waals surface area contributed by atoms with Crippen LogP contribution in [0.25, 0.3) is 43.1 Å². The number of hydrogen-bond acceptors (Lipinski definition) is 2. The second-order valence-corrected chi connectivity index (χ2v) is 5.98. The van der Waals surface area contributed by atoms with Gasteiger partial charge < -0.3 is 9.59 Å². The van der Waals surface area contributed by atoms with Gasteiger partial charge in [0.15, 0.2) is 0 Å². The largest absolute Gasteiger partial charge is 2.00 e. The fourth-order valence-corrected chi connectivity index (χ4v) is 3.90. The first-order chi connectivity index (χ1) is 11.8. The van der Waals surface area contributed by atoms with Gasteiger partial charge in [-0.1, -0.05) is 41.8 Å². The Labute approximate surface area is 154 Å². The van der Waals surface area contributed by atoms with E-state index in [1.807, 2.05) is 36.8 Å². The maximum atomic E-state index is 11.4. The maximum absolute atomic E-state index is 11.4. The molecule has 117 valence electrons. The fourth-order valence-electron chi connectivity index (χ4n) is 3.90. The molecule has 0 N–H and O–H groups in total. The molecule has 0 fully saturated rings. The Hall–Kier alpha value is -2.74. The molecule has 0 aromatic heterocycles. The van der Waals surface area contributed by atoms with Crippen molar-refractivity contribution in [3.05, 3.63) is 71.8 Å². The monoisotopic (exact) mass is 361 g/mol. The van der Waals surface area contributed by atoms with Gasteiger partial charge in [-0.25, -0.2) is 0 Å². The Morgan fingerprint density at radius 1 is 0.520 bits per heavy atom. The van der Waals surface area contributed by atoms with Crippen LogP contribution in [0.4, 0.5) is 0 Å². The van der Waals surface area contributed by atoms with Gasteiger partial charge in [-0.3, -0.25) is 0 Å². The summed E-state index contributed by atoms with van der Waals surface area (Å²) in [6.07, 6.45) is 3.93. The first-order valence-corrected chi connectivity index (χ1v) is 7.72. The summed E-state index contributed by atoms with van der Waals surface area (Å²) >= 11 is 0. The Balaban J connectivity index is 0.00000157. The molecule has 0 unspecified atom stereocenters. The van der Waals surface area contributed by atoms with E-state index >= 15 is 0 Å². The number of fused-ring (bicyclic) bond motifs is 2. The molecule has 0 saturated carbocycles. The summed E-state index contributed by atoms with van der Waals surface area (Å²) in [5, 5.41) is 8.30. The quantitative estimate of drug-likeness (QED) is 0.199. The minimum absolute atomic E-state index is 0. The van der Waals surface area contributed by atoms with Gasteiger partial charge in [-0.05, 0) is 32.3 Å². The Morgan fingerprint density at radius 3 is 1.48 bits per heavy atom. The van der Waals surface area contributed by atoms with Crippen molar-refractivity contribution in [2.24, 2.45) is 0 Å². The normalized spacial score (nSPS) is 11.2. The van der Waals surface area contributed by atoms with Crippen LogP contribution in [0, 0.1) is 0 Å². The molecular formula is C22H10MnO2. The first-order valence-electron chi connectivity index (χ1n) is 7.72. The molecule has 25 heavy (non-hydrogen) atoms. The van der Waals surface area contributed by atoms with E-state index in [1.54, 1.807) is 12.1 Å². The smallest absolute Gasteiger partial charge is 0.376 e. The van der Waals surface area contributed by atoms with Crippen LogP contribution in [0.15, 0.2) is 60.7 Å². The molecule has 0 atom stereocenters. The molecule has 0 bridgehead atoms. The van der Waals surface area contributed by atoms with Gasteiger partial charge >= 0.3 is 17.1 Å². The molecule has 0 aliphatic heterocycles. The van der Waals surface area contributed by atoms with E-state index < -0.39 is 0 Å². The fraction of sp³-hybridized carbons (Fsp3) is 0. The van der Waals surface area contributed by atoms with Gasteiger partial charge in [0, 0.05) is 0 Å². The predicted octanol–water partition coefficient (Wildman–Crippen LogP) is 4.65. The minimum atomic E-state index is 0. The summed E-state index contributed by atoms with van der Waals surface area (Å²) in [6.45, 7) is 0. The zero-order chi connectivity index (χ0) is 16.3. The van der Waals surface area contributed by atoms with E-state index in [4.69, 9.17) is 0 Å². The van der Waals surface area contributed by atoms with Gasteiger partial charge in [0.2, 0.25) is 0 Å². The van der Waals surface area contributed by atoms with E-state index in [0.29, 0.717) is 16.5 Å². The van der Waals surface area contributed by atoms with Crippen molar-refractivity contribution in [1.29, 1.82) is 0 Å². The van der Waals surface area contributed by atoms with Crippen LogP contribution < -0.4 is 0 Å². The number of rotatable bonds is 2. The molecule has 5 aromatic carbocycles. The zero-order valence-corrected chi connectivity index (χ0v) is 14.1. The molecular weight excluding hydrogens is 351 g/mol. The van der Waals surface area contributed by atoms with Crippen molar-refractivity contribution in [3.8, 4) is 0 Å². The molecule has 0 heterocycles. The molecule has 0 amide bonds. The van der Waals surface area contributed by atoms with E-state index in [1.165, 1.54) is 10.8 Å². The average molecular weight is 361 g/mol. The molecule has 5 aromatic rings. The molecule has 0 aliphatic rings. The molecule has 0 spiro atoms. The average Bonchev–Trinajstić information content (AvgIpc) is 2.65. The Bertz CT molecular complexity index is 1200. The Morgan fingerprint density at radius 2 is 1.00 bits per heavy atom. The van der Waals surface area contributed by atoms with Crippen LogP contribution in [-0.4, -0.2) is 12.6 Å². The van der Waals surface area contributed by atoms with Crippen LogP contribution in [0.3, 0.4) is 0 Å². The molecule has 2 nitrogen and oxygen atoms in total. The summed E-state index contributed by atoms with van der Waals surface area (Å²) in [5.74, 6) is 0. The van der Waals surface area contributed by atoms with Gasteiger partial charge in [0.1, 0.15) is 0 Å². The molecule has 3 heteroatoms. The second-order valence-electron chi connectivity index (χ2n) is 5.98. The van der Waals surface area contributed by atoms with Gasteiger partial charge in [0.25, 0.3) is 0 Å². The predicted molar refractivity (Wildman–Crippen MR) is 97.2 cm³/mol. The third-order valence-electron chi connectivity index (χ3n) is 4.87. The summed E-state index contributed by atoms with van der Waals surface area (Å²) in [5.41, 5.74) is 0.806. The third kappa shape index (κ3) is 1.97. The van der Waals surface area contributed by atoms with Gasteiger partial charge in [-0.15, -0.1) is 28.6 Å². The summed E-state index contributed by atoms with van der Waals surface area (Å²) in [7, 11) is 0. The van der Waals surface area contributed by atoms with Crippen LogP contribution in [0.1, 0.15) is 11.1 Å². The maximum Gasteiger partial charge on any atom is 2.00 e. The van der Waals surface area contributed by atoms with Crippen LogP contribution >= 0.6 is 0 Å². The zero-order valence-electron chi connectivity index (χ0n) is 13.0. The summed E-state index contributed by atoms with van der Waals surface area (Å²) < 4.78 is 0. The number of benzene rings is 5. The van der Waals surface area contributed by atoms with Crippen molar-refractivity contribution >= 4 is 55.7 Å². The van der Waals surface area contributed by atoms with Crippen LogP contribution in [0.2, 0.25) is 0 Å². The standard InChI is InChI=1S/C22H10O2.Mn/c23-11-14-7-9-18-16-5-1-3-13-4-2-6-17(21(13)16)19-10-8-15(12-24)20(14)22(18)19;/h1-10H;/q-2;+2. The van der Waals surface area contributed by atoms with Crippen molar-refractivity contribution in [2.45, 2.75) is 0 Å². The van der Waals surface area contributed by atoms with E-state index in [2.05, 4.69) is 24.3 Å². The third-order valence-corrected chi connectivity index (χ3v) is 4.87. The molecule has 1 radical (unpaired) electrons. The van der Waals surface area contributed by atoms with Crippen LogP contribution in [0.5, 0.6) is 0 Å². The summed E-state index contributed by atoms with van der Waals surface area (Å²) in [6, 6.07) is 19.8. The SMILES string of the molecule is O=[C-]c1ccc2c3cccc4cccc(c5ccc([C-]=O)c1c25)c43.[Mn+2]. The van der Waals surface area contributed by atoms with E-state index in [9.17, 15) is 9.59 Å². The van der Waals surface area contributed by atoms with Crippen molar-refractivity contribution in [3.63, 3.8) is 0 Å². The van der Waals surface area contributed by atoms with Gasteiger partial charge in [0.05, 0.1) is 12.6 Å². The van der Waals surface area contributed by atoms with E-state index in [0.717, 1.165) is 26.9 Å². The van der Waals surface area contributed by atoms with Gasteiger partial charge in [-0.2, -0.15) is 12.1 Å². The van der Waals surface area contributed by atoms with Crippen molar-refractivity contribution in [1.82, 2.24) is 0 Å². The van der Waals surface area contributed by atoms with E-state index in [-0.39, 0.29) is 17.1 Å². The van der Waals surface area contributed by atoms with Crippen molar-refractivity contribution in [2.75, 3.05) is 0 Å². The molecule has 0 aliphatic carbocycles. The molecule has 5 rings (SSSR count).